The molecular formula is C14H22N2O. The van der Waals surface area contributed by atoms with E-state index in [2.05, 4.69) is 10.3 Å². The standard InChI is InChI=1S/C14H22N2O/c1-11-8-14(17-2)9-13(16-11)10-15-7-6-12-4-3-5-12/h8-9,12,15H,3-7,10H2,1-2H3. The van der Waals surface area contributed by atoms with E-state index >= 15 is 0 Å². The SMILES string of the molecule is COc1cc(C)nc(CNCCC2CCC2)c1. The van der Waals surface area contributed by atoms with Crippen molar-refractivity contribution in [1.82, 2.24) is 10.3 Å². The molecule has 1 saturated carbocycles. The second-order valence-corrected chi connectivity index (χ2v) is 4.90. The van der Waals surface area contributed by atoms with Crippen LogP contribution in [0.4, 0.5) is 0 Å². The Hall–Kier alpha value is -1.09. The molecule has 0 atom stereocenters. The van der Waals surface area contributed by atoms with Crippen LogP contribution in [0.2, 0.25) is 0 Å². The Bertz CT molecular complexity index is 361. The van der Waals surface area contributed by atoms with Crippen molar-refractivity contribution < 1.29 is 4.74 Å². The van der Waals surface area contributed by atoms with Gasteiger partial charge in [0.25, 0.3) is 0 Å². The van der Waals surface area contributed by atoms with E-state index in [4.69, 9.17) is 4.74 Å². The summed E-state index contributed by atoms with van der Waals surface area (Å²) in [6.45, 7) is 3.94. The number of rotatable bonds is 6. The summed E-state index contributed by atoms with van der Waals surface area (Å²) in [4.78, 5) is 4.49. The van der Waals surface area contributed by atoms with Gasteiger partial charge in [-0.15, -0.1) is 0 Å². The van der Waals surface area contributed by atoms with Crippen molar-refractivity contribution in [1.29, 1.82) is 0 Å². The third kappa shape index (κ3) is 3.70. The van der Waals surface area contributed by atoms with E-state index in [1.165, 1.54) is 25.7 Å². The molecule has 0 bridgehead atoms. The molecule has 1 N–H and O–H groups in total. The fourth-order valence-corrected chi connectivity index (χ4v) is 2.22. The zero-order chi connectivity index (χ0) is 12.1. The highest BCUT2D eigenvalue weighted by atomic mass is 16.5. The maximum absolute atomic E-state index is 5.24. The maximum Gasteiger partial charge on any atom is 0.122 e. The van der Waals surface area contributed by atoms with Gasteiger partial charge in [-0.25, -0.2) is 0 Å². The Kier molecular flexibility index (Phi) is 4.37. The molecule has 3 nitrogen and oxygen atoms in total. The predicted molar refractivity (Wildman–Crippen MR) is 69.2 cm³/mol. The highest BCUT2D eigenvalue weighted by Gasteiger charge is 2.16. The third-order valence-corrected chi connectivity index (χ3v) is 3.48. The topological polar surface area (TPSA) is 34.1 Å². The van der Waals surface area contributed by atoms with E-state index in [1.807, 2.05) is 19.1 Å². The first kappa shape index (κ1) is 12.4. The van der Waals surface area contributed by atoms with Crippen molar-refractivity contribution in [3.05, 3.63) is 23.5 Å². The van der Waals surface area contributed by atoms with E-state index in [-0.39, 0.29) is 0 Å². The Labute approximate surface area is 104 Å². The average Bonchev–Trinajstić information content (AvgIpc) is 2.25. The van der Waals surface area contributed by atoms with Gasteiger partial charge >= 0.3 is 0 Å². The van der Waals surface area contributed by atoms with Crippen LogP contribution in [0.15, 0.2) is 12.1 Å². The fourth-order valence-electron chi connectivity index (χ4n) is 2.22. The van der Waals surface area contributed by atoms with Crippen LogP contribution in [-0.2, 0) is 6.54 Å². The zero-order valence-electron chi connectivity index (χ0n) is 10.8. The summed E-state index contributed by atoms with van der Waals surface area (Å²) in [5.41, 5.74) is 2.08. The van der Waals surface area contributed by atoms with Gasteiger partial charge in [0, 0.05) is 24.4 Å². The normalized spacial score (nSPS) is 15.6. The minimum Gasteiger partial charge on any atom is -0.497 e. The minimum atomic E-state index is 0.838. The van der Waals surface area contributed by atoms with Gasteiger partial charge in [-0.2, -0.15) is 0 Å². The van der Waals surface area contributed by atoms with Gasteiger partial charge in [0.1, 0.15) is 5.75 Å². The van der Waals surface area contributed by atoms with Gasteiger partial charge in [0.05, 0.1) is 12.8 Å². The second kappa shape index (κ2) is 6.01. The van der Waals surface area contributed by atoms with Gasteiger partial charge < -0.3 is 10.1 Å². The molecular weight excluding hydrogens is 212 g/mol. The van der Waals surface area contributed by atoms with Crippen LogP contribution in [0, 0.1) is 12.8 Å². The van der Waals surface area contributed by atoms with Crippen molar-refractivity contribution in [2.24, 2.45) is 5.92 Å². The predicted octanol–water partition coefficient (Wildman–Crippen LogP) is 2.68. The van der Waals surface area contributed by atoms with Gasteiger partial charge in [0.2, 0.25) is 0 Å². The first-order valence-corrected chi connectivity index (χ1v) is 6.50. The highest BCUT2D eigenvalue weighted by Crippen LogP contribution is 2.28. The Morgan fingerprint density at radius 2 is 2.24 bits per heavy atom. The summed E-state index contributed by atoms with van der Waals surface area (Å²) in [6.07, 6.45) is 5.60. The van der Waals surface area contributed by atoms with Gasteiger partial charge in [-0.3, -0.25) is 4.98 Å². The molecule has 0 radical (unpaired) electrons. The molecule has 1 aliphatic rings. The highest BCUT2D eigenvalue weighted by molar-refractivity contribution is 5.26. The monoisotopic (exact) mass is 234 g/mol. The fraction of sp³-hybridized carbons (Fsp3) is 0.643. The molecule has 17 heavy (non-hydrogen) atoms. The molecule has 0 amide bonds. The Morgan fingerprint density at radius 1 is 1.41 bits per heavy atom. The molecule has 1 aromatic heterocycles. The first-order chi connectivity index (χ1) is 8.28. The van der Waals surface area contributed by atoms with Crippen molar-refractivity contribution in [2.45, 2.75) is 39.2 Å². The van der Waals surface area contributed by atoms with E-state index in [1.54, 1.807) is 7.11 Å². The van der Waals surface area contributed by atoms with Crippen LogP contribution in [0.3, 0.4) is 0 Å². The van der Waals surface area contributed by atoms with E-state index < -0.39 is 0 Å². The number of ether oxygens (including phenoxy) is 1. The first-order valence-electron chi connectivity index (χ1n) is 6.50. The number of aryl methyl sites for hydroxylation is 1. The lowest BCUT2D eigenvalue weighted by atomic mass is 9.83. The quantitative estimate of drug-likeness (QED) is 0.768. The number of nitrogens with one attached hydrogen (secondary N) is 1. The summed E-state index contributed by atoms with van der Waals surface area (Å²) >= 11 is 0. The number of methoxy groups -OCH3 is 1. The van der Waals surface area contributed by atoms with Crippen molar-refractivity contribution in [3.63, 3.8) is 0 Å². The molecule has 0 aromatic carbocycles. The number of hydrogen-bond donors (Lipinski definition) is 1. The lowest BCUT2D eigenvalue weighted by Gasteiger charge is -2.25. The number of hydrogen-bond acceptors (Lipinski definition) is 3. The van der Waals surface area contributed by atoms with Crippen molar-refractivity contribution in [2.75, 3.05) is 13.7 Å². The smallest absolute Gasteiger partial charge is 0.122 e. The molecule has 0 unspecified atom stereocenters. The molecule has 0 saturated heterocycles. The molecule has 0 aliphatic heterocycles. The number of pyridine rings is 1. The molecule has 1 aromatic rings. The molecule has 2 rings (SSSR count). The Morgan fingerprint density at radius 3 is 2.88 bits per heavy atom. The van der Waals surface area contributed by atoms with Gasteiger partial charge in [-0.05, 0) is 25.8 Å². The largest absolute Gasteiger partial charge is 0.497 e. The lowest BCUT2D eigenvalue weighted by Crippen LogP contribution is -2.21. The van der Waals surface area contributed by atoms with Crippen LogP contribution in [-0.4, -0.2) is 18.6 Å². The molecule has 1 aliphatic carbocycles. The zero-order valence-corrected chi connectivity index (χ0v) is 10.8. The van der Waals surface area contributed by atoms with Crippen LogP contribution in [0.25, 0.3) is 0 Å². The van der Waals surface area contributed by atoms with E-state index in [0.717, 1.165) is 36.1 Å². The molecule has 94 valence electrons. The summed E-state index contributed by atoms with van der Waals surface area (Å²) in [5, 5.41) is 3.46. The van der Waals surface area contributed by atoms with Crippen LogP contribution >= 0.6 is 0 Å². The lowest BCUT2D eigenvalue weighted by molar-refractivity contribution is 0.292. The van der Waals surface area contributed by atoms with Crippen molar-refractivity contribution >= 4 is 0 Å². The maximum atomic E-state index is 5.24. The average molecular weight is 234 g/mol. The Balaban J connectivity index is 1.75. The molecule has 1 fully saturated rings. The summed E-state index contributed by atoms with van der Waals surface area (Å²) in [7, 11) is 1.70. The third-order valence-electron chi connectivity index (χ3n) is 3.48. The number of aromatic nitrogens is 1. The van der Waals surface area contributed by atoms with Crippen LogP contribution < -0.4 is 10.1 Å². The number of nitrogens with zero attached hydrogens (tertiary/aromatic N) is 1. The van der Waals surface area contributed by atoms with Gasteiger partial charge in [-0.1, -0.05) is 19.3 Å². The molecule has 3 heteroatoms. The summed E-state index contributed by atoms with van der Waals surface area (Å²) < 4.78 is 5.24. The van der Waals surface area contributed by atoms with Crippen LogP contribution in [0.1, 0.15) is 37.1 Å². The minimum absolute atomic E-state index is 0.838. The van der Waals surface area contributed by atoms with Gasteiger partial charge in [0.15, 0.2) is 0 Å². The summed E-state index contributed by atoms with van der Waals surface area (Å²) in [5.74, 6) is 1.87. The summed E-state index contributed by atoms with van der Waals surface area (Å²) in [6, 6.07) is 3.96. The van der Waals surface area contributed by atoms with E-state index in [9.17, 15) is 0 Å². The van der Waals surface area contributed by atoms with Crippen LogP contribution in [0.5, 0.6) is 5.75 Å². The van der Waals surface area contributed by atoms with Crippen molar-refractivity contribution in [3.8, 4) is 5.75 Å². The molecule has 0 spiro atoms. The second-order valence-electron chi connectivity index (χ2n) is 4.90. The van der Waals surface area contributed by atoms with E-state index in [0.29, 0.717) is 0 Å². The molecule has 1 heterocycles.